The average molecular weight is 305 g/mol. The highest BCUT2D eigenvalue weighted by Gasteiger charge is 2.34. The van der Waals surface area contributed by atoms with E-state index in [-0.39, 0.29) is 5.69 Å². The summed E-state index contributed by atoms with van der Waals surface area (Å²) in [6.07, 6.45) is -4.56. The lowest BCUT2D eigenvalue weighted by molar-refractivity contribution is -0.138. The second kappa shape index (κ2) is 3.32. The van der Waals surface area contributed by atoms with Gasteiger partial charge in [0.25, 0.3) is 0 Å². The number of hydrogen-bond acceptors (Lipinski definition) is 1. The molecule has 0 fully saturated rings. The molecule has 0 radical (unpaired) electrons. The number of hydrogen-bond donors (Lipinski definition) is 1. The third-order valence-electron chi connectivity index (χ3n) is 1.36. The summed E-state index contributed by atoms with van der Waals surface area (Å²) in [5, 5.41) is 0. The molecule has 0 spiro atoms. The molecule has 0 heterocycles. The van der Waals surface area contributed by atoms with E-state index in [2.05, 4.69) is 0 Å². The molecule has 1 rings (SSSR count). The van der Waals surface area contributed by atoms with Crippen molar-refractivity contribution in [2.45, 2.75) is 6.18 Å². The molecule has 72 valence electrons. The maximum absolute atomic E-state index is 12.8. The van der Waals surface area contributed by atoms with Crippen LogP contribution in [0.25, 0.3) is 0 Å². The van der Waals surface area contributed by atoms with Crippen molar-refractivity contribution in [3.63, 3.8) is 0 Å². The zero-order chi connectivity index (χ0) is 10.2. The van der Waals surface area contributed by atoms with Gasteiger partial charge in [0.05, 0.1) is 9.13 Å². The smallest absolute Gasteiger partial charge is 0.399 e. The van der Waals surface area contributed by atoms with Gasteiger partial charge in [-0.15, -0.1) is 0 Å². The number of nitrogens with two attached hydrogens (primary N) is 1. The maximum Gasteiger partial charge on any atom is 0.417 e. The second-order valence-corrected chi connectivity index (χ2v) is 3.44. The molecule has 0 saturated heterocycles. The second-order valence-electron chi connectivity index (χ2n) is 2.36. The normalized spacial score (nSPS) is 11.8. The summed E-state index contributed by atoms with van der Waals surface area (Å²) in [5.41, 5.74) is 3.81. The van der Waals surface area contributed by atoms with Crippen LogP contribution in [-0.2, 0) is 6.18 Å². The van der Waals surface area contributed by atoms with E-state index in [4.69, 9.17) is 5.73 Å². The van der Waals surface area contributed by atoms with Crippen molar-refractivity contribution in [1.29, 1.82) is 0 Å². The molecule has 0 aromatic heterocycles. The van der Waals surface area contributed by atoms with Crippen LogP contribution in [0.2, 0.25) is 0 Å². The van der Waals surface area contributed by atoms with E-state index in [9.17, 15) is 17.6 Å². The zero-order valence-electron chi connectivity index (χ0n) is 6.12. The molecule has 0 saturated carbocycles. The van der Waals surface area contributed by atoms with Gasteiger partial charge in [-0.25, -0.2) is 4.39 Å². The third kappa shape index (κ3) is 2.23. The summed E-state index contributed by atoms with van der Waals surface area (Å²) < 4.78 is 48.9. The molecule has 1 nitrogen and oxygen atoms in total. The van der Waals surface area contributed by atoms with Gasteiger partial charge in [-0.3, -0.25) is 0 Å². The third-order valence-corrected chi connectivity index (χ3v) is 2.45. The number of rotatable bonds is 0. The molecule has 6 heteroatoms. The van der Waals surface area contributed by atoms with E-state index < -0.39 is 21.1 Å². The van der Waals surface area contributed by atoms with Crippen LogP contribution in [0, 0.1) is 9.39 Å². The largest absolute Gasteiger partial charge is 0.417 e. The molecule has 0 aliphatic carbocycles. The summed E-state index contributed by atoms with van der Waals surface area (Å²) >= 11 is 1.30. The number of halogens is 5. The monoisotopic (exact) mass is 305 g/mol. The van der Waals surface area contributed by atoms with E-state index in [1.807, 2.05) is 0 Å². The van der Waals surface area contributed by atoms with Gasteiger partial charge in [-0.05, 0) is 34.7 Å². The molecule has 0 aliphatic heterocycles. The lowest BCUT2D eigenvalue weighted by Gasteiger charge is -2.10. The highest BCUT2D eigenvalue weighted by atomic mass is 127. The molecular weight excluding hydrogens is 301 g/mol. The Kier molecular flexibility index (Phi) is 2.69. The first-order valence-electron chi connectivity index (χ1n) is 3.14. The van der Waals surface area contributed by atoms with Gasteiger partial charge in [-0.1, -0.05) is 0 Å². The van der Waals surface area contributed by atoms with Crippen LogP contribution in [0.1, 0.15) is 5.56 Å². The summed E-state index contributed by atoms with van der Waals surface area (Å²) in [7, 11) is 0. The minimum atomic E-state index is -4.56. The maximum atomic E-state index is 12.8. The van der Waals surface area contributed by atoms with Crippen LogP contribution in [0.5, 0.6) is 0 Å². The predicted octanol–water partition coefficient (Wildman–Crippen LogP) is 3.03. The van der Waals surface area contributed by atoms with E-state index in [1.165, 1.54) is 22.6 Å². The molecule has 0 aliphatic rings. The van der Waals surface area contributed by atoms with Crippen molar-refractivity contribution in [1.82, 2.24) is 0 Å². The van der Waals surface area contributed by atoms with Crippen molar-refractivity contribution in [3.8, 4) is 0 Å². The molecule has 0 atom stereocenters. The summed E-state index contributed by atoms with van der Waals surface area (Å²) in [6.45, 7) is 0. The fourth-order valence-corrected chi connectivity index (χ4v) is 1.43. The van der Waals surface area contributed by atoms with Gasteiger partial charge in [0, 0.05) is 5.69 Å². The summed E-state index contributed by atoms with van der Waals surface area (Å²) in [6, 6.07) is 1.57. The Hall–Kier alpha value is -0.530. The highest BCUT2D eigenvalue weighted by Crippen LogP contribution is 2.35. The molecule has 0 unspecified atom stereocenters. The van der Waals surface area contributed by atoms with Crippen molar-refractivity contribution >= 4 is 28.3 Å². The lowest BCUT2D eigenvalue weighted by Crippen LogP contribution is -2.09. The molecule has 1 aromatic carbocycles. The van der Waals surface area contributed by atoms with Gasteiger partial charge in [0.2, 0.25) is 0 Å². The number of anilines is 1. The molecule has 1 aromatic rings. The Labute approximate surface area is 85.1 Å². The van der Waals surface area contributed by atoms with Gasteiger partial charge in [-0.2, -0.15) is 13.2 Å². The van der Waals surface area contributed by atoms with E-state index >= 15 is 0 Å². The standard InChI is InChI=1S/C7H4F4IN/c8-5-2-3(13)1-4(6(5)12)7(9,10)11/h1-2H,13H2. The minimum Gasteiger partial charge on any atom is -0.399 e. The van der Waals surface area contributed by atoms with Crippen LogP contribution in [0.4, 0.5) is 23.2 Å². The van der Waals surface area contributed by atoms with Crippen LogP contribution >= 0.6 is 22.6 Å². The quantitative estimate of drug-likeness (QED) is 0.445. The fraction of sp³-hybridized carbons (Fsp3) is 0.143. The first kappa shape index (κ1) is 10.6. The number of alkyl halides is 3. The van der Waals surface area contributed by atoms with E-state index in [1.54, 1.807) is 0 Å². The Morgan fingerprint density at radius 2 is 1.77 bits per heavy atom. The Balaban J connectivity index is 3.37. The van der Waals surface area contributed by atoms with Gasteiger partial charge in [0.1, 0.15) is 5.82 Å². The molecule has 0 amide bonds. The zero-order valence-corrected chi connectivity index (χ0v) is 8.28. The Morgan fingerprint density at radius 1 is 1.23 bits per heavy atom. The van der Waals surface area contributed by atoms with Crippen LogP contribution in [-0.4, -0.2) is 0 Å². The molecular formula is C7H4F4IN. The molecule has 13 heavy (non-hydrogen) atoms. The first-order valence-corrected chi connectivity index (χ1v) is 4.22. The van der Waals surface area contributed by atoms with E-state index in [0.717, 1.165) is 6.07 Å². The topological polar surface area (TPSA) is 26.0 Å². The van der Waals surface area contributed by atoms with Crippen molar-refractivity contribution < 1.29 is 17.6 Å². The van der Waals surface area contributed by atoms with Crippen molar-refractivity contribution in [3.05, 3.63) is 27.1 Å². The number of nitrogen functional groups attached to an aromatic ring is 1. The Morgan fingerprint density at radius 3 is 2.23 bits per heavy atom. The van der Waals surface area contributed by atoms with E-state index in [0.29, 0.717) is 6.07 Å². The number of benzene rings is 1. The highest BCUT2D eigenvalue weighted by molar-refractivity contribution is 14.1. The van der Waals surface area contributed by atoms with Crippen molar-refractivity contribution in [2.24, 2.45) is 0 Å². The molecule has 2 N–H and O–H groups in total. The lowest BCUT2D eigenvalue weighted by atomic mass is 10.2. The first-order chi connectivity index (χ1) is 5.82. The SMILES string of the molecule is Nc1cc(F)c(I)c(C(F)(F)F)c1. The average Bonchev–Trinajstić information content (AvgIpc) is 1.94. The Bertz CT molecular complexity index is 334. The van der Waals surface area contributed by atoms with Gasteiger partial charge >= 0.3 is 6.18 Å². The van der Waals surface area contributed by atoms with Crippen LogP contribution in [0.3, 0.4) is 0 Å². The van der Waals surface area contributed by atoms with Gasteiger partial charge in [0.15, 0.2) is 0 Å². The molecule has 0 bridgehead atoms. The summed E-state index contributed by atoms with van der Waals surface area (Å²) in [5.74, 6) is -0.951. The van der Waals surface area contributed by atoms with Crippen LogP contribution < -0.4 is 5.73 Å². The fourth-order valence-electron chi connectivity index (χ4n) is 0.816. The van der Waals surface area contributed by atoms with Crippen molar-refractivity contribution in [2.75, 3.05) is 5.73 Å². The predicted molar refractivity (Wildman–Crippen MR) is 48.5 cm³/mol. The van der Waals surface area contributed by atoms with Gasteiger partial charge < -0.3 is 5.73 Å². The van der Waals surface area contributed by atoms with Crippen LogP contribution in [0.15, 0.2) is 12.1 Å². The summed E-state index contributed by atoms with van der Waals surface area (Å²) in [4.78, 5) is 0. The minimum absolute atomic E-state index is 0.231.